The van der Waals surface area contributed by atoms with Crippen LogP contribution in [0.5, 0.6) is 0 Å². The van der Waals surface area contributed by atoms with Crippen LogP contribution in [0.3, 0.4) is 0 Å². The monoisotopic (exact) mass is 1120 g/mol. The summed E-state index contributed by atoms with van der Waals surface area (Å²) < 4.78 is 14.8. The van der Waals surface area contributed by atoms with Crippen LogP contribution in [0.4, 0.5) is 0 Å². The Morgan fingerprint density at radius 1 is 0.233 bits per heavy atom. The van der Waals surface area contributed by atoms with Gasteiger partial charge in [0.15, 0.2) is 7.14 Å². The summed E-state index contributed by atoms with van der Waals surface area (Å²) in [5.74, 6) is 0. The van der Waals surface area contributed by atoms with Gasteiger partial charge in [0.1, 0.15) is 0 Å². The minimum Gasteiger partial charge on any atom is -0.309 e. The molecule has 0 unspecified atom stereocenters. The van der Waals surface area contributed by atoms with Crippen molar-refractivity contribution in [3.05, 3.63) is 304 Å². The Bertz CT molecular complexity index is 5270. The molecule has 402 valence electrons. The molecule has 5 aromatic heterocycles. The third kappa shape index (κ3) is 8.82. The second kappa shape index (κ2) is 21.0. The van der Waals surface area contributed by atoms with Gasteiger partial charge in [0.25, 0.3) is 0 Å². The molecule has 17 rings (SSSR count). The summed E-state index contributed by atoms with van der Waals surface area (Å²) >= 11 is 0. The fraction of sp³-hybridized carbons (Fsp3) is 0. The molecule has 0 N–H and O–H groups in total. The SMILES string of the molecule is O=P(c1ccccc1)(c1ccccc1)c1ccc(-c2ccc(-c3c4ccc5ccccc5c4nc4c3ccc3ccccc34)cc2)cc1.c1cnc2c(c1)ccc1ccc(-c3ccc4ccc(-c5ccc6ccc7cccnc7c6n5)cc4c3)nc12. The molecule has 17 aromatic rings. The summed E-state index contributed by atoms with van der Waals surface area (Å²) in [7, 11) is -3.02. The number of rotatable bonds is 7. The molecule has 0 atom stereocenters. The van der Waals surface area contributed by atoms with Gasteiger partial charge in [-0.3, -0.25) is 9.97 Å². The number of pyridine rings is 5. The van der Waals surface area contributed by atoms with Crippen molar-refractivity contribution < 1.29 is 4.57 Å². The lowest BCUT2D eigenvalue weighted by Gasteiger charge is -2.20. The molecular weight excluding hydrogens is 1070 g/mol. The first-order chi connectivity index (χ1) is 42.5. The van der Waals surface area contributed by atoms with Gasteiger partial charge >= 0.3 is 0 Å². The van der Waals surface area contributed by atoms with Gasteiger partial charge < -0.3 is 4.57 Å². The fourth-order valence-electron chi connectivity index (χ4n) is 12.5. The van der Waals surface area contributed by atoms with Crippen molar-refractivity contribution in [2.45, 2.75) is 0 Å². The van der Waals surface area contributed by atoms with Crippen LogP contribution in [0.25, 0.3) is 143 Å². The highest BCUT2D eigenvalue weighted by atomic mass is 31.2. The van der Waals surface area contributed by atoms with Crippen molar-refractivity contribution in [3.63, 3.8) is 0 Å². The van der Waals surface area contributed by atoms with Crippen LogP contribution in [0.1, 0.15) is 0 Å². The Balaban J connectivity index is 0.000000143. The number of nitrogens with zero attached hydrogens (tertiary/aromatic N) is 5. The van der Waals surface area contributed by atoms with Crippen molar-refractivity contribution in [2.75, 3.05) is 0 Å². The van der Waals surface area contributed by atoms with Crippen LogP contribution >= 0.6 is 7.14 Å². The first-order valence-electron chi connectivity index (χ1n) is 28.9. The van der Waals surface area contributed by atoms with E-state index in [0.29, 0.717) is 0 Å². The summed E-state index contributed by atoms with van der Waals surface area (Å²) in [6.45, 7) is 0. The Morgan fingerprint density at radius 2 is 0.605 bits per heavy atom. The van der Waals surface area contributed by atoms with Gasteiger partial charge in [0.2, 0.25) is 0 Å². The van der Waals surface area contributed by atoms with Crippen molar-refractivity contribution in [3.8, 4) is 44.8 Å². The lowest BCUT2D eigenvalue weighted by Crippen LogP contribution is -2.24. The summed E-state index contributed by atoms with van der Waals surface area (Å²) in [5.41, 5.74) is 14.3. The molecule has 0 amide bonds. The van der Waals surface area contributed by atoms with Crippen molar-refractivity contribution in [1.29, 1.82) is 0 Å². The van der Waals surface area contributed by atoms with E-state index in [4.69, 9.17) is 15.0 Å². The van der Waals surface area contributed by atoms with Crippen LogP contribution in [-0.4, -0.2) is 24.9 Å². The number of fused-ring (bicyclic) bond motifs is 13. The predicted molar refractivity (Wildman–Crippen MR) is 361 cm³/mol. The summed E-state index contributed by atoms with van der Waals surface area (Å²) in [4.78, 5) is 24.6. The second-order valence-electron chi connectivity index (χ2n) is 21.9. The van der Waals surface area contributed by atoms with Crippen molar-refractivity contribution in [2.24, 2.45) is 0 Å². The van der Waals surface area contributed by atoms with E-state index < -0.39 is 7.14 Å². The van der Waals surface area contributed by atoms with Gasteiger partial charge in [-0.15, -0.1) is 0 Å². The van der Waals surface area contributed by atoms with E-state index in [1.807, 2.05) is 97.3 Å². The Kier molecular flexibility index (Phi) is 12.4. The molecule has 0 aliphatic heterocycles. The van der Waals surface area contributed by atoms with E-state index in [0.717, 1.165) is 137 Å². The highest BCUT2D eigenvalue weighted by Gasteiger charge is 2.29. The lowest BCUT2D eigenvalue weighted by molar-refractivity contribution is 0.592. The number of hydrogen-bond donors (Lipinski definition) is 0. The average Bonchev–Trinajstić information content (AvgIpc) is 1.32. The topological polar surface area (TPSA) is 81.5 Å². The molecule has 12 aromatic carbocycles. The largest absolute Gasteiger partial charge is 0.309 e. The normalized spacial score (nSPS) is 11.8. The smallest absolute Gasteiger partial charge is 0.171 e. The van der Waals surface area contributed by atoms with E-state index in [9.17, 15) is 4.57 Å². The molecule has 5 heterocycles. The van der Waals surface area contributed by atoms with E-state index in [1.165, 1.54) is 21.7 Å². The van der Waals surface area contributed by atoms with E-state index in [2.05, 4.69) is 216 Å². The van der Waals surface area contributed by atoms with Gasteiger partial charge in [0, 0.05) is 88.1 Å². The van der Waals surface area contributed by atoms with Crippen molar-refractivity contribution >= 4 is 121 Å². The molecule has 0 aliphatic carbocycles. The quantitative estimate of drug-likeness (QED) is 0.0898. The van der Waals surface area contributed by atoms with E-state index in [-0.39, 0.29) is 0 Å². The number of aromatic nitrogens is 5. The highest BCUT2D eigenvalue weighted by molar-refractivity contribution is 7.85. The molecular formula is C79H50N5OP. The van der Waals surface area contributed by atoms with Crippen LogP contribution in [0, 0.1) is 0 Å². The second-order valence-corrected chi connectivity index (χ2v) is 24.6. The molecule has 0 spiro atoms. The third-order valence-electron chi connectivity index (χ3n) is 16.8. The van der Waals surface area contributed by atoms with Crippen LogP contribution in [0.15, 0.2) is 304 Å². The predicted octanol–water partition coefficient (Wildman–Crippen LogP) is 19.0. The minimum atomic E-state index is -3.02. The molecule has 0 saturated heterocycles. The highest BCUT2D eigenvalue weighted by Crippen LogP contribution is 2.44. The molecule has 0 bridgehead atoms. The molecule has 6 nitrogen and oxygen atoms in total. The first-order valence-corrected chi connectivity index (χ1v) is 30.6. The molecule has 0 fully saturated rings. The van der Waals surface area contributed by atoms with Crippen LogP contribution in [-0.2, 0) is 4.57 Å². The van der Waals surface area contributed by atoms with Crippen LogP contribution in [0.2, 0.25) is 0 Å². The van der Waals surface area contributed by atoms with Gasteiger partial charge in [-0.05, 0) is 74.6 Å². The molecule has 0 radical (unpaired) electrons. The van der Waals surface area contributed by atoms with E-state index in [1.54, 1.807) is 0 Å². The van der Waals surface area contributed by atoms with Gasteiger partial charge in [-0.25, -0.2) is 15.0 Å². The maximum Gasteiger partial charge on any atom is 0.171 e. The summed E-state index contributed by atoms with van der Waals surface area (Å²) in [6, 6.07) is 101. The molecule has 0 saturated carbocycles. The zero-order valence-corrected chi connectivity index (χ0v) is 47.4. The number of benzene rings is 12. The molecule has 0 aliphatic rings. The lowest BCUT2D eigenvalue weighted by atomic mass is 9.91. The zero-order chi connectivity index (χ0) is 57.1. The summed E-state index contributed by atoms with van der Waals surface area (Å²) in [6.07, 6.45) is 3.65. The standard InChI is InChI=1S/C45H30NOP.C34H20N4/c47-48(36-13-3-1-4-14-36,37-15-5-2-6-16-37)38-27-23-32(24-28-38)31-19-21-35(22-20-31)43-41-29-25-33-11-7-9-17-39(33)44(41)46-45-40-18-10-8-12-34(40)26-30-42(43)45;1-3-22-7-9-24-13-15-29(37-33(24)31(22)35-17-1)26-11-5-21-6-12-27(20-28(21)19-26)30-16-14-25-10-8-23-4-2-18-36-32(23)34(25)38-30/h1-30H;1-20H. The van der Waals surface area contributed by atoms with Gasteiger partial charge in [-0.2, -0.15) is 0 Å². The van der Waals surface area contributed by atoms with Crippen molar-refractivity contribution in [1.82, 2.24) is 24.9 Å². The Labute approximate surface area is 495 Å². The van der Waals surface area contributed by atoms with Crippen LogP contribution < -0.4 is 15.9 Å². The van der Waals surface area contributed by atoms with E-state index >= 15 is 0 Å². The Hall–Kier alpha value is -11.0. The average molecular weight is 1120 g/mol. The van der Waals surface area contributed by atoms with Gasteiger partial charge in [0.05, 0.1) is 44.5 Å². The fourth-order valence-corrected chi connectivity index (χ4v) is 15.1. The number of hydrogen-bond acceptors (Lipinski definition) is 6. The molecule has 7 heteroatoms. The summed E-state index contributed by atoms with van der Waals surface area (Å²) in [5, 5.41) is 16.2. The maximum absolute atomic E-state index is 14.8. The minimum absolute atomic E-state index is 0.828. The third-order valence-corrected chi connectivity index (χ3v) is 19.9. The zero-order valence-electron chi connectivity index (χ0n) is 46.5. The van der Waals surface area contributed by atoms with Gasteiger partial charge in [-0.1, -0.05) is 255 Å². The maximum atomic E-state index is 14.8. The molecule has 86 heavy (non-hydrogen) atoms. The Morgan fingerprint density at radius 3 is 1.10 bits per heavy atom. The first kappa shape index (κ1) is 50.7.